The van der Waals surface area contributed by atoms with E-state index in [1.165, 1.54) is 0 Å². The summed E-state index contributed by atoms with van der Waals surface area (Å²) in [4.78, 5) is 14.9. The molecule has 2 rings (SSSR count). The van der Waals surface area contributed by atoms with Crippen LogP contribution in [0, 0.1) is 0 Å². The minimum absolute atomic E-state index is 0.0215. The lowest BCUT2D eigenvalue weighted by atomic mass is 10.2. The molecule has 1 amide bonds. The van der Waals surface area contributed by atoms with Crippen molar-refractivity contribution in [1.29, 1.82) is 0 Å². The standard InChI is InChI=1S/C15H17BrN2O2S/c1-18(2)12(13-4-3-9-20-13)10-17-15(19)8-6-11-5-7-14(16)21-11/h3-9,12H,10H2,1-2H3,(H,17,19). The number of nitrogens with zero attached hydrogens (tertiary/aromatic N) is 1. The quantitative estimate of drug-likeness (QED) is 0.793. The van der Waals surface area contributed by atoms with Gasteiger partial charge in [-0.1, -0.05) is 0 Å². The maximum atomic E-state index is 11.9. The van der Waals surface area contributed by atoms with Crippen LogP contribution in [0.15, 0.2) is 44.8 Å². The highest BCUT2D eigenvalue weighted by Gasteiger charge is 2.17. The lowest BCUT2D eigenvalue weighted by Gasteiger charge is -2.22. The first-order chi connectivity index (χ1) is 10.1. The van der Waals surface area contributed by atoms with Crippen LogP contribution in [-0.2, 0) is 4.79 Å². The van der Waals surface area contributed by atoms with E-state index in [1.54, 1.807) is 23.7 Å². The van der Waals surface area contributed by atoms with Gasteiger partial charge in [0, 0.05) is 17.5 Å². The van der Waals surface area contributed by atoms with Crippen LogP contribution >= 0.6 is 27.3 Å². The number of hydrogen-bond acceptors (Lipinski definition) is 4. The molecule has 6 heteroatoms. The Balaban J connectivity index is 1.89. The Kier molecular flexibility index (Phi) is 5.78. The summed E-state index contributed by atoms with van der Waals surface area (Å²) in [5.41, 5.74) is 0. The fourth-order valence-electron chi connectivity index (χ4n) is 1.85. The number of carbonyl (C=O) groups excluding carboxylic acids is 1. The zero-order valence-electron chi connectivity index (χ0n) is 11.9. The van der Waals surface area contributed by atoms with Gasteiger partial charge in [-0.2, -0.15) is 0 Å². The summed E-state index contributed by atoms with van der Waals surface area (Å²) in [6.45, 7) is 0.498. The average molecular weight is 369 g/mol. The van der Waals surface area contributed by atoms with Crippen molar-refractivity contribution in [3.8, 4) is 0 Å². The van der Waals surface area contributed by atoms with E-state index >= 15 is 0 Å². The van der Waals surface area contributed by atoms with E-state index in [0.717, 1.165) is 14.4 Å². The summed E-state index contributed by atoms with van der Waals surface area (Å²) >= 11 is 4.98. The summed E-state index contributed by atoms with van der Waals surface area (Å²) < 4.78 is 6.46. The van der Waals surface area contributed by atoms with Gasteiger partial charge in [-0.25, -0.2) is 0 Å². The minimum atomic E-state index is -0.113. The van der Waals surface area contributed by atoms with Crippen molar-refractivity contribution in [3.05, 3.63) is 51.0 Å². The predicted octanol–water partition coefficient (Wildman–Crippen LogP) is 3.54. The molecule has 2 aromatic heterocycles. The second kappa shape index (κ2) is 7.59. The van der Waals surface area contributed by atoms with Gasteiger partial charge in [0.05, 0.1) is 16.1 Å². The highest BCUT2D eigenvalue weighted by molar-refractivity contribution is 9.11. The first kappa shape index (κ1) is 16.0. The van der Waals surface area contributed by atoms with Crippen LogP contribution < -0.4 is 5.32 Å². The third-order valence-electron chi connectivity index (χ3n) is 2.96. The largest absolute Gasteiger partial charge is 0.468 e. The Hall–Kier alpha value is -1.37. The van der Waals surface area contributed by atoms with Crippen LogP contribution in [0.2, 0.25) is 0 Å². The third-order valence-corrected chi connectivity index (χ3v) is 4.55. The normalized spacial score (nSPS) is 13.0. The molecule has 0 spiro atoms. The van der Waals surface area contributed by atoms with Gasteiger partial charge in [0.2, 0.25) is 5.91 Å². The molecule has 0 saturated carbocycles. The Morgan fingerprint density at radius 1 is 1.48 bits per heavy atom. The van der Waals surface area contributed by atoms with Gasteiger partial charge in [0.15, 0.2) is 0 Å². The molecule has 112 valence electrons. The highest BCUT2D eigenvalue weighted by atomic mass is 79.9. The summed E-state index contributed by atoms with van der Waals surface area (Å²) in [5, 5.41) is 2.89. The molecule has 0 saturated heterocycles. The fourth-order valence-corrected chi connectivity index (χ4v) is 3.18. The van der Waals surface area contributed by atoms with Crippen LogP contribution in [0.5, 0.6) is 0 Å². The molecule has 1 unspecified atom stereocenters. The first-order valence-electron chi connectivity index (χ1n) is 6.47. The number of halogens is 1. The molecule has 21 heavy (non-hydrogen) atoms. The number of thiophene rings is 1. The second-order valence-electron chi connectivity index (χ2n) is 4.72. The lowest BCUT2D eigenvalue weighted by Crippen LogP contribution is -2.33. The molecule has 1 N–H and O–H groups in total. The summed E-state index contributed by atoms with van der Waals surface area (Å²) in [6.07, 6.45) is 5.00. The molecular formula is C15H17BrN2O2S. The molecule has 0 radical (unpaired) electrons. The van der Waals surface area contributed by atoms with Crippen LogP contribution in [-0.4, -0.2) is 31.4 Å². The van der Waals surface area contributed by atoms with Crippen molar-refractivity contribution < 1.29 is 9.21 Å². The summed E-state index contributed by atoms with van der Waals surface area (Å²) in [5.74, 6) is 0.726. The molecule has 2 heterocycles. The molecule has 0 bridgehead atoms. The lowest BCUT2D eigenvalue weighted by molar-refractivity contribution is -0.116. The summed E-state index contributed by atoms with van der Waals surface area (Å²) in [6, 6.07) is 7.71. The van der Waals surface area contributed by atoms with E-state index in [9.17, 15) is 4.79 Å². The SMILES string of the molecule is CN(C)C(CNC(=O)C=Cc1ccc(Br)s1)c1ccco1. The monoisotopic (exact) mass is 368 g/mol. The van der Waals surface area contributed by atoms with Gasteiger partial charge in [-0.3, -0.25) is 9.69 Å². The van der Waals surface area contributed by atoms with E-state index < -0.39 is 0 Å². The van der Waals surface area contributed by atoms with Gasteiger partial charge in [0.25, 0.3) is 0 Å². The molecule has 4 nitrogen and oxygen atoms in total. The van der Waals surface area contributed by atoms with Crippen LogP contribution in [0.4, 0.5) is 0 Å². The Morgan fingerprint density at radius 3 is 2.86 bits per heavy atom. The van der Waals surface area contributed by atoms with Crippen molar-refractivity contribution in [2.75, 3.05) is 20.6 Å². The molecule has 0 aliphatic heterocycles. The van der Waals surface area contributed by atoms with Crippen LogP contribution in [0.1, 0.15) is 16.7 Å². The molecule has 0 aromatic carbocycles. The van der Waals surface area contributed by atoms with E-state index in [-0.39, 0.29) is 11.9 Å². The predicted molar refractivity (Wildman–Crippen MR) is 89.2 cm³/mol. The maximum Gasteiger partial charge on any atom is 0.244 e. The zero-order valence-corrected chi connectivity index (χ0v) is 14.3. The van der Waals surface area contributed by atoms with Crippen molar-refractivity contribution in [2.45, 2.75) is 6.04 Å². The molecule has 2 aromatic rings. The zero-order chi connectivity index (χ0) is 15.2. The number of hydrogen-bond donors (Lipinski definition) is 1. The van der Waals surface area contributed by atoms with Crippen molar-refractivity contribution in [3.63, 3.8) is 0 Å². The van der Waals surface area contributed by atoms with Gasteiger partial charge >= 0.3 is 0 Å². The van der Waals surface area contributed by atoms with E-state index in [1.807, 2.05) is 49.3 Å². The molecule has 1 atom stereocenters. The van der Waals surface area contributed by atoms with Crippen molar-refractivity contribution in [1.82, 2.24) is 10.2 Å². The Labute approximate surface area is 136 Å². The molecule has 0 fully saturated rings. The van der Waals surface area contributed by atoms with Gasteiger partial charge in [-0.05, 0) is 60.4 Å². The van der Waals surface area contributed by atoms with Gasteiger partial charge in [-0.15, -0.1) is 11.3 Å². The third kappa shape index (κ3) is 4.84. The average Bonchev–Trinajstić information content (AvgIpc) is 3.08. The van der Waals surface area contributed by atoms with Gasteiger partial charge < -0.3 is 9.73 Å². The van der Waals surface area contributed by atoms with Crippen molar-refractivity contribution in [2.24, 2.45) is 0 Å². The van der Waals surface area contributed by atoms with Gasteiger partial charge in [0.1, 0.15) is 5.76 Å². The summed E-state index contributed by atoms with van der Waals surface area (Å²) in [7, 11) is 3.91. The number of carbonyl (C=O) groups is 1. The van der Waals surface area contributed by atoms with Crippen LogP contribution in [0.3, 0.4) is 0 Å². The fraction of sp³-hybridized carbons (Fsp3) is 0.267. The molecule has 0 aliphatic carbocycles. The number of likely N-dealkylation sites (N-methyl/N-ethyl adjacent to an activating group) is 1. The molecular weight excluding hydrogens is 352 g/mol. The Morgan fingerprint density at radius 2 is 2.29 bits per heavy atom. The van der Waals surface area contributed by atoms with Crippen molar-refractivity contribution >= 4 is 39.2 Å². The second-order valence-corrected chi connectivity index (χ2v) is 7.21. The maximum absolute atomic E-state index is 11.9. The number of nitrogens with one attached hydrogen (secondary N) is 1. The van der Waals surface area contributed by atoms with Crippen LogP contribution in [0.25, 0.3) is 6.08 Å². The van der Waals surface area contributed by atoms with E-state index in [4.69, 9.17) is 4.42 Å². The first-order valence-corrected chi connectivity index (χ1v) is 8.08. The minimum Gasteiger partial charge on any atom is -0.468 e. The number of amides is 1. The molecule has 0 aliphatic rings. The van der Waals surface area contributed by atoms with E-state index in [0.29, 0.717) is 6.54 Å². The van der Waals surface area contributed by atoms with E-state index in [2.05, 4.69) is 21.2 Å². The highest BCUT2D eigenvalue weighted by Crippen LogP contribution is 2.23. The Bertz CT molecular complexity index is 605. The topological polar surface area (TPSA) is 45.5 Å². The number of rotatable bonds is 6. The smallest absolute Gasteiger partial charge is 0.244 e. The number of furan rings is 1.